The number of pyridine rings is 1. The summed E-state index contributed by atoms with van der Waals surface area (Å²) in [7, 11) is -1.98. The summed E-state index contributed by atoms with van der Waals surface area (Å²) in [5.74, 6) is 0. The molecule has 1 aromatic carbocycles. The number of fused-ring (bicyclic) bond motifs is 1. The van der Waals surface area contributed by atoms with Gasteiger partial charge in [0.25, 0.3) is 0 Å². The highest BCUT2D eigenvalue weighted by atomic mass is 32.2. The zero-order valence-electron chi connectivity index (χ0n) is 12.6. The molecule has 0 aliphatic rings. The van der Waals surface area contributed by atoms with Gasteiger partial charge < -0.3 is 9.72 Å². The van der Waals surface area contributed by atoms with Crippen molar-refractivity contribution in [1.82, 2.24) is 14.7 Å². The van der Waals surface area contributed by atoms with E-state index in [1.54, 1.807) is 30.5 Å². The molecule has 23 heavy (non-hydrogen) atoms. The molecule has 0 saturated carbocycles. The highest BCUT2D eigenvalue weighted by Gasteiger charge is 2.13. The molecule has 2 heterocycles. The van der Waals surface area contributed by atoms with Crippen LogP contribution in [-0.2, 0) is 14.8 Å². The lowest BCUT2D eigenvalue weighted by Gasteiger charge is -2.08. The lowest BCUT2D eigenvalue weighted by molar-refractivity contribution is 0.204. The quantitative estimate of drug-likeness (QED) is 0.678. The van der Waals surface area contributed by atoms with Crippen LogP contribution in [0.5, 0.6) is 0 Å². The van der Waals surface area contributed by atoms with Crippen molar-refractivity contribution in [3.63, 3.8) is 0 Å². The van der Waals surface area contributed by atoms with Gasteiger partial charge in [0.2, 0.25) is 10.0 Å². The van der Waals surface area contributed by atoms with Crippen molar-refractivity contribution in [3.8, 4) is 11.1 Å². The third-order valence-corrected chi connectivity index (χ3v) is 5.01. The summed E-state index contributed by atoms with van der Waals surface area (Å²) in [5, 5.41) is 1.00. The van der Waals surface area contributed by atoms with Gasteiger partial charge >= 0.3 is 0 Å². The Labute approximate surface area is 134 Å². The molecule has 7 heteroatoms. The molecule has 0 atom stereocenters. The summed E-state index contributed by atoms with van der Waals surface area (Å²) in [6.07, 6.45) is 3.56. The number of rotatable bonds is 6. The van der Waals surface area contributed by atoms with Gasteiger partial charge in [0.05, 0.1) is 11.5 Å². The van der Waals surface area contributed by atoms with Crippen molar-refractivity contribution < 1.29 is 13.2 Å². The fraction of sp³-hybridized carbons (Fsp3) is 0.188. The van der Waals surface area contributed by atoms with E-state index >= 15 is 0 Å². The number of hydrogen-bond acceptors (Lipinski definition) is 4. The highest BCUT2D eigenvalue weighted by Crippen LogP contribution is 2.27. The van der Waals surface area contributed by atoms with Gasteiger partial charge in [0.1, 0.15) is 5.65 Å². The summed E-state index contributed by atoms with van der Waals surface area (Å²) in [5.41, 5.74) is 2.75. The van der Waals surface area contributed by atoms with Gasteiger partial charge in [-0.25, -0.2) is 18.1 Å². The van der Waals surface area contributed by atoms with Crippen molar-refractivity contribution >= 4 is 21.1 Å². The number of aromatic amines is 1. The Balaban J connectivity index is 1.89. The lowest BCUT2D eigenvalue weighted by atomic mass is 10.0. The molecule has 120 valence electrons. The van der Waals surface area contributed by atoms with E-state index in [2.05, 4.69) is 14.7 Å². The number of ether oxygens (including phenoxy) is 1. The lowest BCUT2D eigenvalue weighted by Crippen LogP contribution is -2.27. The average molecular weight is 331 g/mol. The third kappa shape index (κ3) is 3.26. The molecule has 0 radical (unpaired) electrons. The largest absolute Gasteiger partial charge is 0.383 e. The molecule has 0 aliphatic heterocycles. The third-order valence-electron chi connectivity index (χ3n) is 3.53. The Morgan fingerprint density at radius 2 is 1.96 bits per heavy atom. The van der Waals surface area contributed by atoms with E-state index in [9.17, 15) is 8.42 Å². The number of hydrogen-bond donors (Lipinski definition) is 2. The van der Waals surface area contributed by atoms with Crippen LogP contribution < -0.4 is 4.72 Å². The maximum absolute atomic E-state index is 12.1. The highest BCUT2D eigenvalue weighted by molar-refractivity contribution is 7.89. The maximum atomic E-state index is 12.1. The molecule has 0 fully saturated rings. The van der Waals surface area contributed by atoms with Crippen LogP contribution in [0.25, 0.3) is 22.2 Å². The van der Waals surface area contributed by atoms with Gasteiger partial charge in [-0.2, -0.15) is 0 Å². The summed E-state index contributed by atoms with van der Waals surface area (Å²) in [6, 6.07) is 10.7. The fourth-order valence-electron chi connectivity index (χ4n) is 2.39. The van der Waals surface area contributed by atoms with Crippen molar-refractivity contribution in [3.05, 3.63) is 48.8 Å². The molecule has 2 N–H and O–H groups in total. The van der Waals surface area contributed by atoms with E-state index in [0.29, 0.717) is 6.61 Å². The molecule has 2 aromatic heterocycles. The predicted molar refractivity (Wildman–Crippen MR) is 88.6 cm³/mol. The van der Waals surface area contributed by atoms with Gasteiger partial charge in [-0.05, 0) is 35.4 Å². The number of nitrogens with one attached hydrogen (secondary N) is 2. The molecule has 6 nitrogen and oxygen atoms in total. The van der Waals surface area contributed by atoms with Crippen LogP contribution in [0.4, 0.5) is 0 Å². The average Bonchev–Trinajstić information content (AvgIpc) is 3.04. The minimum atomic E-state index is -3.51. The zero-order valence-corrected chi connectivity index (χ0v) is 13.4. The van der Waals surface area contributed by atoms with E-state index < -0.39 is 10.0 Å². The number of H-pyrrole nitrogens is 1. The van der Waals surface area contributed by atoms with Crippen LogP contribution in [-0.4, -0.2) is 38.6 Å². The molecule has 3 aromatic rings. The Bertz CT molecular complexity index is 902. The standard InChI is InChI=1S/C16H17N3O3S/c1-22-11-10-19-23(20,21)13-4-2-12(3-5-13)14-6-8-17-16-15(14)7-9-18-16/h2-9,19H,10-11H2,1H3,(H,17,18). The van der Waals surface area contributed by atoms with E-state index in [0.717, 1.165) is 22.2 Å². The first kappa shape index (κ1) is 15.7. The van der Waals surface area contributed by atoms with Crippen LogP contribution in [0.3, 0.4) is 0 Å². The van der Waals surface area contributed by atoms with Crippen molar-refractivity contribution in [2.75, 3.05) is 20.3 Å². The molecule has 0 bridgehead atoms. The van der Waals surface area contributed by atoms with Gasteiger partial charge in [-0.1, -0.05) is 12.1 Å². The second kappa shape index (κ2) is 6.49. The fourth-order valence-corrected chi connectivity index (χ4v) is 3.40. The molecule has 0 aliphatic carbocycles. The SMILES string of the molecule is COCCNS(=O)(=O)c1ccc(-c2ccnc3[nH]ccc23)cc1. The zero-order chi connectivity index (χ0) is 16.3. The Morgan fingerprint density at radius 1 is 1.17 bits per heavy atom. The molecule has 0 saturated heterocycles. The number of nitrogens with zero attached hydrogens (tertiary/aromatic N) is 1. The van der Waals surface area contributed by atoms with E-state index in [-0.39, 0.29) is 11.4 Å². The summed E-state index contributed by atoms with van der Waals surface area (Å²) in [6.45, 7) is 0.578. The Kier molecular flexibility index (Phi) is 4.42. The Hall–Kier alpha value is -2.22. The van der Waals surface area contributed by atoms with Crippen molar-refractivity contribution in [1.29, 1.82) is 0 Å². The first-order valence-electron chi connectivity index (χ1n) is 7.13. The van der Waals surface area contributed by atoms with Crippen LogP contribution in [0.15, 0.2) is 53.7 Å². The molecule has 0 amide bonds. The summed E-state index contributed by atoms with van der Waals surface area (Å²) >= 11 is 0. The topological polar surface area (TPSA) is 84.1 Å². The number of sulfonamides is 1. The monoisotopic (exact) mass is 331 g/mol. The summed E-state index contributed by atoms with van der Waals surface area (Å²) in [4.78, 5) is 7.55. The first-order valence-corrected chi connectivity index (χ1v) is 8.61. The van der Waals surface area contributed by atoms with Gasteiger partial charge in [0.15, 0.2) is 0 Å². The van der Waals surface area contributed by atoms with E-state index in [4.69, 9.17) is 4.74 Å². The summed E-state index contributed by atoms with van der Waals surface area (Å²) < 4.78 is 31.6. The minimum Gasteiger partial charge on any atom is -0.383 e. The maximum Gasteiger partial charge on any atom is 0.240 e. The second-order valence-corrected chi connectivity index (χ2v) is 6.78. The minimum absolute atomic E-state index is 0.233. The van der Waals surface area contributed by atoms with Gasteiger partial charge in [-0.15, -0.1) is 0 Å². The number of aromatic nitrogens is 2. The smallest absolute Gasteiger partial charge is 0.240 e. The van der Waals surface area contributed by atoms with Crippen molar-refractivity contribution in [2.24, 2.45) is 0 Å². The number of methoxy groups -OCH3 is 1. The van der Waals surface area contributed by atoms with Crippen molar-refractivity contribution in [2.45, 2.75) is 4.90 Å². The molecule has 3 rings (SSSR count). The number of benzene rings is 1. The molecule has 0 spiro atoms. The van der Waals surface area contributed by atoms with Crippen LogP contribution in [0.2, 0.25) is 0 Å². The first-order chi connectivity index (χ1) is 11.1. The van der Waals surface area contributed by atoms with E-state index in [1.807, 2.05) is 18.3 Å². The van der Waals surface area contributed by atoms with E-state index in [1.165, 1.54) is 7.11 Å². The normalized spacial score (nSPS) is 11.9. The van der Waals surface area contributed by atoms with Crippen LogP contribution in [0.1, 0.15) is 0 Å². The van der Waals surface area contributed by atoms with Crippen LogP contribution in [0, 0.1) is 0 Å². The predicted octanol–water partition coefficient (Wildman–Crippen LogP) is 2.15. The molecule has 0 unspecified atom stereocenters. The second-order valence-electron chi connectivity index (χ2n) is 5.01. The molecular weight excluding hydrogens is 314 g/mol. The molecular formula is C16H17N3O3S. The van der Waals surface area contributed by atoms with Gasteiger partial charge in [0, 0.05) is 31.4 Å². The van der Waals surface area contributed by atoms with Crippen LogP contribution >= 0.6 is 0 Å². The van der Waals surface area contributed by atoms with Gasteiger partial charge in [-0.3, -0.25) is 0 Å². The Morgan fingerprint density at radius 3 is 2.70 bits per heavy atom.